The van der Waals surface area contributed by atoms with Crippen LogP contribution >= 0.6 is 0 Å². The predicted octanol–water partition coefficient (Wildman–Crippen LogP) is 2.38. The highest BCUT2D eigenvalue weighted by molar-refractivity contribution is 5.90. The van der Waals surface area contributed by atoms with Gasteiger partial charge in [0.05, 0.1) is 6.42 Å². The third-order valence-electron chi connectivity index (χ3n) is 4.80. The molecular weight excluding hydrogens is 346 g/mol. The number of piperazine rings is 1. The van der Waals surface area contributed by atoms with E-state index in [4.69, 9.17) is 4.52 Å². The third kappa shape index (κ3) is 3.64. The molecule has 1 aromatic carbocycles. The molecule has 0 unspecified atom stereocenters. The topological polar surface area (TPSA) is 94.5 Å². The van der Waals surface area contributed by atoms with E-state index in [0.717, 1.165) is 16.5 Å². The number of urea groups is 1. The van der Waals surface area contributed by atoms with Gasteiger partial charge in [0.2, 0.25) is 5.91 Å². The fraction of sp³-hybridized carbons (Fsp3) is 0.316. The summed E-state index contributed by atoms with van der Waals surface area (Å²) in [4.78, 5) is 31.6. The maximum absolute atomic E-state index is 12.7. The zero-order valence-corrected chi connectivity index (χ0v) is 15.1. The van der Waals surface area contributed by atoms with Crippen LogP contribution in [0.2, 0.25) is 0 Å². The van der Waals surface area contributed by atoms with Crippen LogP contribution in [0.25, 0.3) is 10.9 Å². The number of aromatic amines is 1. The Labute approximate surface area is 156 Å². The highest BCUT2D eigenvalue weighted by Gasteiger charge is 2.25. The maximum atomic E-state index is 12.7. The zero-order chi connectivity index (χ0) is 18.8. The van der Waals surface area contributed by atoms with Gasteiger partial charge < -0.3 is 19.3 Å². The molecule has 1 aliphatic heterocycles. The summed E-state index contributed by atoms with van der Waals surface area (Å²) in [6, 6.07) is 9.39. The Morgan fingerprint density at radius 3 is 2.67 bits per heavy atom. The summed E-state index contributed by atoms with van der Waals surface area (Å²) in [7, 11) is 0. The fourth-order valence-corrected chi connectivity index (χ4v) is 3.33. The first-order valence-electron chi connectivity index (χ1n) is 8.92. The Hall–Kier alpha value is -3.29. The quantitative estimate of drug-likeness (QED) is 0.743. The van der Waals surface area contributed by atoms with Gasteiger partial charge in [0, 0.05) is 49.3 Å². The van der Waals surface area contributed by atoms with E-state index < -0.39 is 0 Å². The van der Waals surface area contributed by atoms with Crippen molar-refractivity contribution in [3.63, 3.8) is 0 Å². The van der Waals surface area contributed by atoms with Gasteiger partial charge in [-0.1, -0.05) is 23.4 Å². The van der Waals surface area contributed by atoms with Crippen LogP contribution in [0.5, 0.6) is 0 Å². The highest BCUT2D eigenvalue weighted by atomic mass is 16.5. The third-order valence-corrected chi connectivity index (χ3v) is 4.80. The van der Waals surface area contributed by atoms with Crippen molar-refractivity contribution in [2.24, 2.45) is 0 Å². The van der Waals surface area contributed by atoms with Gasteiger partial charge in [0.15, 0.2) is 5.82 Å². The van der Waals surface area contributed by atoms with Gasteiger partial charge in [-0.25, -0.2) is 4.79 Å². The number of benzene rings is 1. The van der Waals surface area contributed by atoms with E-state index in [1.54, 1.807) is 17.9 Å². The van der Waals surface area contributed by atoms with E-state index in [9.17, 15) is 9.59 Å². The van der Waals surface area contributed by atoms with Crippen LogP contribution in [0.3, 0.4) is 0 Å². The summed E-state index contributed by atoms with van der Waals surface area (Å²) in [5.41, 5.74) is 2.03. The van der Waals surface area contributed by atoms with Gasteiger partial charge >= 0.3 is 6.03 Å². The van der Waals surface area contributed by atoms with E-state index in [0.29, 0.717) is 44.2 Å². The summed E-state index contributed by atoms with van der Waals surface area (Å²) in [6.07, 6.45) is 2.25. The molecule has 27 heavy (non-hydrogen) atoms. The van der Waals surface area contributed by atoms with E-state index in [-0.39, 0.29) is 11.9 Å². The van der Waals surface area contributed by atoms with E-state index >= 15 is 0 Å². The van der Waals surface area contributed by atoms with Crippen molar-refractivity contribution in [1.82, 2.24) is 19.9 Å². The van der Waals surface area contributed by atoms with Crippen molar-refractivity contribution in [2.45, 2.75) is 13.3 Å². The Balaban J connectivity index is 1.32. The van der Waals surface area contributed by atoms with E-state index in [1.807, 2.05) is 35.4 Å². The highest BCUT2D eigenvalue weighted by Crippen LogP contribution is 2.19. The summed E-state index contributed by atoms with van der Waals surface area (Å²) < 4.78 is 4.94. The summed E-state index contributed by atoms with van der Waals surface area (Å²) >= 11 is 0. The van der Waals surface area contributed by atoms with Gasteiger partial charge in [-0.15, -0.1) is 0 Å². The average Bonchev–Trinajstić information content (AvgIpc) is 3.28. The molecule has 0 radical (unpaired) electrons. The number of carbonyl (C=O) groups is 2. The molecule has 1 saturated heterocycles. The molecule has 3 heterocycles. The minimum Gasteiger partial charge on any atom is -0.361 e. The van der Waals surface area contributed by atoms with Gasteiger partial charge in [-0.3, -0.25) is 10.1 Å². The standard InChI is InChI=1S/C19H21N5O3/c1-13-10-17(22-27-13)21-19(26)24-8-6-23(7-9-24)18(25)11-14-12-20-16-5-3-2-4-15(14)16/h2-5,10,12,20H,6-9,11H2,1H3,(H,21,22,26). The molecule has 1 aliphatic rings. The molecule has 0 spiro atoms. The van der Waals surface area contributed by atoms with Crippen LogP contribution in [-0.2, 0) is 11.2 Å². The minimum atomic E-state index is -0.230. The second-order valence-corrected chi connectivity index (χ2v) is 6.66. The molecule has 0 saturated carbocycles. The molecule has 0 atom stereocenters. The second kappa shape index (κ2) is 7.14. The number of carbonyl (C=O) groups excluding carboxylic acids is 2. The molecule has 0 aliphatic carbocycles. The van der Waals surface area contributed by atoms with Gasteiger partial charge in [0.1, 0.15) is 5.76 Å². The number of H-pyrrole nitrogens is 1. The maximum Gasteiger partial charge on any atom is 0.323 e. The van der Waals surface area contributed by atoms with Crippen LogP contribution in [0.1, 0.15) is 11.3 Å². The first-order chi connectivity index (χ1) is 13.1. The lowest BCUT2D eigenvalue weighted by Crippen LogP contribution is -2.52. The van der Waals surface area contributed by atoms with E-state index in [2.05, 4.69) is 15.5 Å². The second-order valence-electron chi connectivity index (χ2n) is 6.66. The lowest BCUT2D eigenvalue weighted by atomic mass is 10.1. The van der Waals surface area contributed by atoms with Crippen molar-refractivity contribution < 1.29 is 14.1 Å². The minimum absolute atomic E-state index is 0.0759. The SMILES string of the molecule is Cc1cc(NC(=O)N2CCN(C(=O)Cc3c[nH]c4ccccc34)CC2)no1. The van der Waals surface area contributed by atoms with Crippen molar-refractivity contribution in [3.05, 3.63) is 47.9 Å². The van der Waals surface area contributed by atoms with Crippen molar-refractivity contribution in [1.29, 1.82) is 0 Å². The number of hydrogen-bond acceptors (Lipinski definition) is 4. The van der Waals surface area contributed by atoms with E-state index in [1.165, 1.54) is 0 Å². The summed E-state index contributed by atoms with van der Waals surface area (Å²) in [5.74, 6) is 1.11. The lowest BCUT2D eigenvalue weighted by molar-refractivity contribution is -0.131. The molecule has 4 rings (SSSR count). The Kier molecular flexibility index (Phi) is 4.53. The first-order valence-corrected chi connectivity index (χ1v) is 8.92. The molecule has 3 aromatic rings. The van der Waals surface area contributed by atoms with Crippen LogP contribution in [0.4, 0.5) is 10.6 Å². The molecule has 3 amide bonds. The number of fused-ring (bicyclic) bond motifs is 1. The lowest BCUT2D eigenvalue weighted by Gasteiger charge is -2.34. The van der Waals surface area contributed by atoms with Crippen LogP contribution in [0.15, 0.2) is 41.1 Å². The molecule has 8 heteroatoms. The van der Waals surface area contributed by atoms with Crippen LogP contribution < -0.4 is 5.32 Å². The number of amides is 3. The predicted molar refractivity (Wildman–Crippen MR) is 100 cm³/mol. The number of nitrogens with one attached hydrogen (secondary N) is 2. The number of para-hydroxylation sites is 1. The summed E-state index contributed by atoms with van der Waals surface area (Å²) in [5, 5.41) is 7.54. The van der Waals surface area contributed by atoms with Crippen LogP contribution in [-0.4, -0.2) is 58.1 Å². The van der Waals surface area contributed by atoms with Crippen molar-refractivity contribution >= 4 is 28.7 Å². The molecule has 1 fully saturated rings. The fourth-order valence-electron chi connectivity index (χ4n) is 3.33. The normalized spacial score (nSPS) is 14.6. The first kappa shape index (κ1) is 17.1. The zero-order valence-electron chi connectivity index (χ0n) is 15.1. The Morgan fingerprint density at radius 1 is 1.19 bits per heavy atom. The molecule has 8 nitrogen and oxygen atoms in total. The Bertz CT molecular complexity index is 969. The summed E-state index contributed by atoms with van der Waals surface area (Å²) in [6.45, 7) is 3.78. The van der Waals surface area contributed by atoms with Crippen LogP contribution in [0, 0.1) is 6.92 Å². The molecule has 0 bridgehead atoms. The molecular formula is C19H21N5O3. The molecule has 2 N–H and O–H groups in total. The number of aromatic nitrogens is 2. The largest absolute Gasteiger partial charge is 0.361 e. The Morgan fingerprint density at radius 2 is 1.93 bits per heavy atom. The number of rotatable bonds is 3. The van der Waals surface area contributed by atoms with Crippen molar-refractivity contribution in [3.8, 4) is 0 Å². The van der Waals surface area contributed by atoms with Crippen molar-refractivity contribution in [2.75, 3.05) is 31.5 Å². The molecule has 140 valence electrons. The number of anilines is 1. The van der Waals surface area contributed by atoms with Gasteiger partial charge in [0.25, 0.3) is 0 Å². The number of nitrogens with zero attached hydrogens (tertiary/aromatic N) is 3. The van der Waals surface area contributed by atoms with Gasteiger partial charge in [-0.05, 0) is 18.6 Å². The number of hydrogen-bond donors (Lipinski definition) is 2. The average molecular weight is 367 g/mol. The number of aryl methyl sites for hydroxylation is 1. The smallest absolute Gasteiger partial charge is 0.323 e. The van der Waals surface area contributed by atoms with Gasteiger partial charge in [-0.2, -0.15) is 0 Å². The molecule has 2 aromatic heterocycles. The monoisotopic (exact) mass is 367 g/mol.